The van der Waals surface area contributed by atoms with E-state index in [1.165, 1.54) is 0 Å². The van der Waals surface area contributed by atoms with Gasteiger partial charge >= 0.3 is 0 Å². The lowest BCUT2D eigenvalue weighted by molar-refractivity contribution is -0.116. The fourth-order valence-electron chi connectivity index (χ4n) is 2.03. The molecule has 3 aromatic rings. The van der Waals surface area contributed by atoms with Crippen molar-refractivity contribution in [2.45, 2.75) is 19.8 Å². The summed E-state index contributed by atoms with van der Waals surface area (Å²) in [7, 11) is 0. The van der Waals surface area contributed by atoms with Gasteiger partial charge in [-0.05, 0) is 42.8 Å². The second-order valence-electron chi connectivity index (χ2n) is 5.00. The molecule has 6 nitrogen and oxygen atoms in total. The molecule has 0 radical (unpaired) electrons. The predicted molar refractivity (Wildman–Crippen MR) is 87.8 cm³/mol. The highest BCUT2D eigenvalue weighted by molar-refractivity contribution is 9.10. The van der Waals surface area contributed by atoms with Gasteiger partial charge in [-0.15, -0.1) is 0 Å². The number of carbonyl (C=O) groups excluding carboxylic acids is 1. The van der Waals surface area contributed by atoms with Gasteiger partial charge in [-0.2, -0.15) is 4.98 Å². The van der Waals surface area contributed by atoms with Crippen molar-refractivity contribution in [1.82, 2.24) is 10.1 Å². The van der Waals surface area contributed by atoms with Gasteiger partial charge < -0.3 is 14.3 Å². The second kappa shape index (κ2) is 6.78. The van der Waals surface area contributed by atoms with Crippen molar-refractivity contribution in [1.29, 1.82) is 0 Å². The number of nitrogens with one attached hydrogen (secondary N) is 1. The number of aromatic nitrogens is 2. The van der Waals surface area contributed by atoms with Gasteiger partial charge in [0.25, 0.3) is 0 Å². The van der Waals surface area contributed by atoms with Crippen LogP contribution in [0.4, 0.5) is 5.69 Å². The maximum atomic E-state index is 12.0. The Kier molecular flexibility index (Phi) is 4.57. The Balaban J connectivity index is 1.55. The molecule has 1 N–H and O–H groups in total. The Morgan fingerprint density at radius 3 is 2.96 bits per heavy atom. The number of furan rings is 1. The summed E-state index contributed by atoms with van der Waals surface area (Å²) in [5, 5.41) is 6.67. The third-order valence-corrected chi connectivity index (χ3v) is 4.11. The largest absolute Gasteiger partial charge is 0.461 e. The molecule has 0 aliphatic carbocycles. The maximum Gasteiger partial charge on any atom is 0.238 e. The third kappa shape index (κ3) is 3.87. The molecule has 0 saturated heterocycles. The monoisotopic (exact) mass is 375 g/mol. The van der Waals surface area contributed by atoms with E-state index in [0.29, 0.717) is 23.9 Å². The summed E-state index contributed by atoms with van der Waals surface area (Å²) in [6.45, 7) is 1.97. The first-order valence-corrected chi connectivity index (χ1v) is 7.83. The van der Waals surface area contributed by atoms with Gasteiger partial charge in [0.1, 0.15) is 0 Å². The number of halogens is 1. The first-order chi connectivity index (χ1) is 11.1. The summed E-state index contributed by atoms with van der Waals surface area (Å²) >= 11 is 3.43. The molecule has 118 valence electrons. The van der Waals surface area contributed by atoms with E-state index in [4.69, 9.17) is 8.94 Å². The van der Waals surface area contributed by atoms with Crippen LogP contribution >= 0.6 is 15.9 Å². The van der Waals surface area contributed by atoms with Crippen molar-refractivity contribution in [2.24, 2.45) is 0 Å². The normalized spacial score (nSPS) is 10.7. The van der Waals surface area contributed by atoms with Crippen LogP contribution in [0.3, 0.4) is 0 Å². The van der Waals surface area contributed by atoms with Gasteiger partial charge in [0, 0.05) is 23.0 Å². The molecule has 0 spiro atoms. The lowest BCUT2D eigenvalue weighted by Gasteiger charge is -2.06. The third-order valence-electron chi connectivity index (χ3n) is 3.22. The Morgan fingerprint density at radius 1 is 1.35 bits per heavy atom. The standard InChI is InChI=1S/C16H14BrN3O3/c1-10-9-11(4-5-12(10)17)18-14(21)6-7-15-19-16(20-23-15)13-3-2-8-22-13/h2-5,8-9H,6-7H2,1H3,(H,18,21). The molecular weight excluding hydrogens is 362 g/mol. The van der Waals surface area contributed by atoms with Crippen LogP contribution in [0.25, 0.3) is 11.6 Å². The Morgan fingerprint density at radius 2 is 2.22 bits per heavy atom. The molecule has 2 heterocycles. The molecule has 7 heteroatoms. The number of amides is 1. The summed E-state index contributed by atoms with van der Waals surface area (Å²) < 4.78 is 11.3. The molecular formula is C16H14BrN3O3. The van der Waals surface area contributed by atoms with E-state index in [2.05, 4.69) is 31.4 Å². The quantitative estimate of drug-likeness (QED) is 0.729. The zero-order valence-electron chi connectivity index (χ0n) is 12.4. The minimum Gasteiger partial charge on any atom is -0.461 e. The van der Waals surface area contributed by atoms with Gasteiger partial charge in [0.2, 0.25) is 17.6 Å². The highest BCUT2D eigenvalue weighted by Crippen LogP contribution is 2.20. The topological polar surface area (TPSA) is 81.2 Å². The van der Waals surface area contributed by atoms with Crippen molar-refractivity contribution in [3.63, 3.8) is 0 Å². The van der Waals surface area contributed by atoms with Crippen molar-refractivity contribution in [3.8, 4) is 11.6 Å². The summed E-state index contributed by atoms with van der Waals surface area (Å²) in [5.41, 5.74) is 1.82. The van der Waals surface area contributed by atoms with Crippen LogP contribution in [0.15, 0.2) is 50.0 Å². The summed E-state index contributed by atoms with van der Waals surface area (Å²) in [6, 6.07) is 9.15. The zero-order chi connectivity index (χ0) is 16.2. The molecule has 1 aromatic carbocycles. The average Bonchev–Trinajstić information content (AvgIpc) is 3.19. The fraction of sp³-hybridized carbons (Fsp3) is 0.188. The van der Waals surface area contributed by atoms with Crippen molar-refractivity contribution >= 4 is 27.5 Å². The van der Waals surface area contributed by atoms with E-state index in [1.54, 1.807) is 18.4 Å². The first kappa shape index (κ1) is 15.5. The minimum atomic E-state index is -0.107. The summed E-state index contributed by atoms with van der Waals surface area (Å²) in [5.74, 6) is 1.21. The van der Waals surface area contributed by atoms with Crippen molar-refractivity contribution in [3.05, 3.63) is 52.5 Å². The smallest absolute Gasteiger partial charge is 0.238 e. The molecule has 23 heavy (non-hydrogen) atoms. The van der Waals surface area contributed by atoms with Crippen molar-refractivity contribution < 1.29 is 13.7 Å². The van der Waals surface area contributed by atoms with E-state index in [9.17, 15) is 4.79 Å². The number of rotatable bonds is 5. The van der Waals surface area contributed by atoms with Gasteiger partial charge in [-0.3, -0.25) is 4.79 Å². The highest BCUT2D eigenvalue weighted by Gasteiger charge is 2.12. The van der Waals surface area contributed by atoms with Gasteiger partial charge in [-0.25, -0.2) is 0 Å². The van der Waals surface area contributed by atoms with Crippen LogP contribution in [0.5, 0.6) is 0 Å². The molecule has 0 bridgehead atoms. The second-order valence-corrected chi connectivity index (χ2v) is 5.86. The van der Waals surface area contributed by atoms with Gasteiger partial charge in [-0.1, -0.05) is 21.1 Å². The number of nitrogens with zero attached hydrogens (tertiary/aromatic N) is 2. The number of aryl methyl sites for hydroxylation is 2. The molecule has 0 atom stereocenters. The van der Waals surface area contributed by atoms with Crippen LogP contribution in [-0.4, -0.2) is 16.0 Å². The maximum absolute atomic E-state index is 12.0. The minimum absolute atomic E-state index is 0.107. The van der Waals surface area contributed by atoms with Crippen LogP contribution < -0.4 is 5.32 Å². The molecule has 0 aliphatic rings. The van der Waals surface area contributed by atoms with Gasteiger partial charge in [0.15, 0.2) is 5.76 Å². The van der Waals surface area contributed by atoms with Crippen LogP contribution in [0.1, 0.15) is 17.9 Å². The van der Waals surface area contributed by atoms with E-state index in [-0.39, 0.29) is 12.3 Å². The fourth-order valence-corrected chi connectivity index (χ4v) is 2.28. The van der Waals surface area contributed by atoms with E-state index in [1.807, 2.05) is 25.1 Å². The first-order valence-electron chi connectivity index (χ1n) is 7.04. The Labute approximate surface area is 141 Å². The SMILES string of the molecule is Cc1cc(NC(=O)CCc2nc(-c3ccco3)no2)ccc1Br. The van der Waals surface area contributed by atoms with E-state index in [0.717, 1.165) is 15.7 Å². The molecule has 0 aliphatic heterocycles. The van der Waals surface area contributed by atoms with Crippen LogP contribution in [-0.2, 0) is 11.2 Å². The molecule has 3 rings (SSSR count). The average molecular weight is 376 g/mol. The number of carbonyl (C=O) groups is 1. The number of anilines is 1. The zero-order valence-corrected chi connectivity index (χ0v) is 14.0. The van der Waals surface area contributed by atoms with Crippen molar-refractivity contribution in [2.75, 3.05) is 5.32 Å². The van der Waals surface area contributed by atoms with Crippen LogP contribution in [0, 0.1) is 6.92 Å². The molecule has 2 aromatic heterocycles. The Hall–Kier alpha value is -2.41. The number of hydrogen-bond acceptors (Lipinski definition) is 5. The number of hydrogen-bond donors (Lipinski definition) is 1. The van der Waals surface area contributed by atoms with Crippen LogP contribution in [0.2, 0.25) is 0 Å². The lowest BCUT2D eigenvalue weighted by atomic mass is 10.2. The summed E-state index contributed by atoms with van der Waals surface area (Å²) in [4.78, 5) is 16.2. The highest BCUT2D eigenvalue weighted by atomic mass is 79.9. The molecule has 0 fully saturated rings. The molecule has 1 amide bonds. The molecule has 0 saturated carbocycles. The van der Waals surface area contributed by atoms with E-state index < -0.39 is 0 Å². The Bertz CT molecular complexity index is 812. The van der Waals surface area contributed by atoms with E-state index >= 15 is 0 Å². The number of benzene rings is 1. The molecule has 0 unspecified atom stereocenters. The van der Waals surface area contributed by atoms with Gasteiger partial charge in [0.05, 0.1) is 6.26 Å². The lowest BCUT2D eigenvalue weighted by Crippen LogP contribution is -2.12. The summed E-state index contributed by atoms with van der Waals surface area (Å²) in [6.07, 6.45) is 2.17. The predicted octanol–water partition coefficient (Wildman–Crippen LogP) is 3.97.